The summed E-state index contributed by atoms with van der Waals surface area (Å²) in [5.74, 6) is -9.41. The Labute approximate surface area is 314 Å². The van der Waals surface area contributed by atoms with Crippen molar-refractivity contribution >= 4 is 63.9 Å². The summed E-state index contributed by atoms with van der Waals surface area (Å²) in [7, 11) is 6.40. The number of carbonyl (C=O) groups excluding carboxylic acids is 6. The molecule has 0 unspecified atom stereocenters. The number of ether oxygens (including phenoxy) is 2. The number of amides is 3. The Hall–Kier alpha value is -5.46. The number of fused-ring (bicyclic) bond motifs is 3. The molecule has 3 aliphatic rings. The molecule has 1 saturated carbocycles. The third-order valence-corrected chi connectivity index (χ3v) is 10.6. The average Bonchev–Trinajstić information content (AvgIpc) is 3.64. The number of nitrogens with one attached hydrogen (secondary N) is 1. The van der Waals surface area contributed by atoms with Gasteiger partial charge in [-0.3, -0.25) is 29.0 Å². The van der Waals surface area contributed by atoms with Gasteiger partial charge in [0.25, 0.3) is 5.91 Å². The van der Waals surface area contributed by atoms with Crippen LogP contribution in [0.15, 0.2) is 39.8 Å². The van der Waals surface area contributed by atoms with E-state index in [0.717, 1.165) is 4.90 Å². The number of hydrogen-bond acceptors (Lipinski definition) is 15. The molecule has 18 heteroatoms. The summed E-state index contributed by atoms with van der Waals surface area (Å²) in [6.07, 6.45) is 0.194. The summed E-state index contributed by atoms with van der Waals surface area (Å²) in [5.41, 5.74) is 2.04. The molecule has 4 atom stereocenters. The second-order valence-electron chi connectivity index (χ2n) is 13.8. The molecule has 0 aliphatic heterocycles. The van der Waals surface area contributed by atoms with Gasteiger partial charge in [0.05, 0.1) is 22.9 Å². The largest absolute Gasteiger partial charge is 0.508 e. The maximum absolute atomic E-state index is 14.2. The van der Waals surface area contributed by atoms with Gasteiger partial charge in [0.2, 0.25) is 18.5 Å². The lowest BCUT2D eigenvalue weighted by Crippen LogP contribution is -2.65. The standard InChI is InChI=1S/C36H43N5O12S/c1-6-7-9-41(35(50)53-16-52-34(49)17-8-10-54-15-17)14-23(42)38-21-13-22(39(2)3)19-11-18-12-20-27(40(4)5)30(45)26(33(37)48)32(47)36(20,51)31(46)24(18)29(44)25(19)28(21)43/h8,10,13,15,18,20,27,43-44,47,51H,6-7,9,11-12,14,16H2,1-5H3,(H2,37,48)(H,38,42)/t18-,20-,27-,36-/m0/s1. The van der Waals surface area contributed by atoms with Crippen molar-refractivity contribution in [2.45, 2.75) is 44.2 Å². The van der Waals surface area contributed by atoms with Crippen molar-refractivity contribution in [3.63, 3.8) is 0 Å². The molecule has 2 aromatic rings. The van der Waals surface area contributed by atoms with Crippen LogP contribution in [0.4, 0.5) is 16.2 Å². The number of likely N-dealkylation sites (N-methyl/N-ethyl adjacent to an activating group) is 1. The molecule has 54 heavy (non-hydrogen) atoms. The van der Waals surface area contributed by atoms with Gasteiger partial charge in [-0.15, -0.1) is 0 Å². The van der Waals surface area contributed by atoms with Gasteiger partial charge < -0.3 is 45.9 Å². The molecule has 3 amide bonds. The lowest BCUT2D eigenvalue weighted by atomic mass is 9.57. The van der Waals surface area contributed by atoms with Crippen molar-refractivity contribution in [2.24, 2.45) is 17.6 Å². The van der Waals surface area contributed by atoms with E-state index in [9.17, 15) is 49.2 Å². The number of ketones is 2. The van der Waals surface area contributed by atoms with Crippen molar-refractivity contribution in [2.75, 3.05) is 58.3 Å². The van der Waals surface area contributed by atoms with Crippen LogP contribution in [0.25, 0.3) is 5.76 Å². The summed E-state index contributed by atoms with van der Waals surface area (Å²) < 4.78 is 10.1. The normalized spacial score (nSPS) is 21.9. The number of esters is 1. The number of phenolic OH excluding ortho intramolecular Hbond substituents is 1. The summed E-state index contributed by atoms with van der Waals surface area (Å²) in [5, 5.41) is 52.1. The van der Waals surface area contributed by atoms with Crippen molar-refractivity contribution in [3.8, 4) is 5.75 Å². The minimum atomic E-state index is -2.81. The van der Waals surface area contributed by atoms with E-state index in [4.69, 9.17) is 15.2 Å². The summed E-state index contributed by atoms with van der Waals surface area (Å²) >= 11 is 1.29. The van der Waals surface area contributed by atoms with Crippen molar-refractivity contribution in [1.82, 2.24) is 9.80 Å². The second kappa shape index (κ2) is 15.5. The number of phenols is 1. The fraction of sp³-hybridized carbons (Fsp3) is 0.444. The minimum absolute atomic E-state index is 0.0391. The molecular formula is C36H43N5O12S. The number of Topliss-reactive ketones (excluding diaryl/α,β-unsaturated/α-hetero) is 2. The molecule has 7 N–H and O–H groups in total. The predicted octanol–water partition coefficient (Wildman–Crippen LogP) is 2.08. The highest BCUT2D eigenvalue weighted by Crippen LogP contribution is 2.54. The molecule has 17 nitrogen and oxygen atoms in total. The zero-order valence-corrected chi connectivity index (χ0v) is 31.2. The minimum Gasteiger partial charge on any atom is -0.508 e. The maximum Gasteiger partial charge on any atom is 0.413 e. The fourth-order valence-electron chi connectivity index (χ4n) is 7.42. The van der Waals surface area contributed by atoms with Gasteiger partial charge in [0.1, 0.15) is 29.4 Å². The van der Waals surface area contributed by atoms with Crippen LogP contribution in [0.3, 0.4) is 0 Å². The third-order valence-electron chi connectivity index (χ3n) is 9.96. The molecular weight excluding hydrogens is 726 g/mol. The molecule has 1 aromatic heterocycles. The molecule has 290 valence electrons. The molecule has 0 bridgehead atoms. The summed E-state index contributed by atoms with van der Waals surface area (Å²) in [4.78, 5) is 82.5. The summed E-state index contributed by atoms with van der Waals surface area (Å²) in [6, 6.07) is 1.79. The lowest BCUT2D eigenvalue weighted by Gasteiger charge is -2.50. The molecule has 5 rings (SSSR count). The number of thiophene rings is 1. The molecule has 1 aromatic carbocycles. The Morgan fingerprint density at radius 3 is 2.39 bits per heavy atom. The van der Waals surface area contributed by atoms with E-state index in [1.165, 1.54) is 36.4 Å². The number of rotatable bonds is 12. The van der Waals surface area contributed by atoms with Gasteiger partial charge in [0.15, 0.2) is 11.4 Å². The number of benzene rings is 1. The lowest BCUT2D eigenvalue weighted by molar-refractivity contribution is -0.153. The molecule has 0 saturated heterocycles. The van der Waals surface area contributed by atoms with Crippen LogP contribution in [0, 0.1) is 11.8 Å². The fourth-order valence-corrected chi connectivity index (χ4v) is 8.05. The van der Waals surface area contributed by atoms with Crippen LogP contribution in [-0.4, -0.2) is 125 Å². The van der Waals surface area contributed by atoms with Gasteiger partial charge in [-0.05, 0) is 62.4 Å². The smallest absolute Gasteiger partial charge is 0.413 e. The molecule has 0 radical (unpaired) electrons. The van der Waals surface area contributed by atoms with Crippen LogP contribution >= 0.6 is 11.3 Å². The first-order valence-corrected chi connectivity index (χ1v) is 18.0. The van der Waals surface area contributed by atoms with E-state index in [1.54, 1.807) is 35.8 Å². The Bertz CT molecular complexity index is 1960. The highest BCUT2D eigenvalue weighted by atomic mass is 32.1. The monoisotopic (exact) mass is 769 g/mol. The first kappa shape index (κ1) is 39.7. The first-order valence-electron chi connectivity index (χ1n) is 17.1. The van der Waals surface area contributed by atoms with Crippen LogP contribution in [0.5, 0.6) is 5.75 Å². The topological polar surface area (TPSA) is 250 Å². The number of hydrogen-bond donors (Lipinski definition) is 6. The highest BCUT2D eigenvalue weighted by molar-refractivity contribution is 7.08. The average molecular weight is 770 g/mol. The van der Waals surface area contributed by atoms with Gasteiger partial charge in [-0.1, -0.05) is 13.3 Å². The van der Waals surface area contributed by atoms with Crippen molar-refractivity contribution in [3.05, 3.63) is 56.5 Å². The van der Waals surface area contributed by atoms with Crippen molar-refractivity contribution < 1.29 is 58.7 Å². The van der Waals surface area contributed by atoms with Crippen LogP contribution in [-0.2, 0) is 35.1 Å². The summed E-state index contributed by atoms with van der Waals surface area (Å²) in [6.45, 7) is 0.763. The van der Waals surface area contributed by atoms with E-state index in [-0.39, 0.29) is 36.2 Å². The Kier molecular flexibility index (Phi) is 11.4. The molecule has 3 aliphatic carbocycles. The van der Waals surface area contributed by atoms with Crippen LogP contribution in [0.1, 0.15) is 47.7 Å². The predicted molar refractivity (Wildman–Crippen MR) is 195 cm³/mol. The Morgan fingerprint density at radius 2 is 1.80 bits per heavy atom. The van der Waals surface area contributed by atoms with Crippen LogP contribution in [0.2, 0.25) is 0 Å². The van der Waals surface area contributed by atoms with Crippen molar-refractivity contribution in [1.29, 1.82) is 0 Å². The van der Waals surface area contributed by atoms with E-state index in [2.05, 4.69) is 5.32 Å². The maximum atomic E-state index is 14.2. The number of aliphatic hydroxyl groups is 3. The molecule has 1 fully saturated rings. The number of anilines is 2. The number of nitrogens with two attached hydrogens (primary N) is 1. The SMILES string of the molecule is CCCCN(CC(=O)Nc1cc(N(C)C)c2c(c1O)C(O)=C1C(=O)[C@]3(O)C(O)=C(C(N)=O)C(=O)[C@@H](N(C)C)[C@@H]3C[C@@H]1C2)C(=O)OCOC(=O)c1ccsc1. The zero-order valence-electron chi connectivity index (χ0n) is 30.4. The molecule has 1 heterocycles. The number of aromatic hydroxyl groups is 1. The second-order valence-corrected chi connectivity index (χ2v) is 14.6. The quantitative estimate of drug-likeness (QED) is 0.0783. The number of primary amides is 1. The molecule has 0 spiro atoms. The van der Waals surface area contributed by atoms with E-state index in [0.29, 0.717) is 29.7 Å². The third kappa shape index (κ3) is 6.99. The van der Waals surface area contributed by atoms with Gasteiger partial charge in [-0.25, -0.2) is 9.59 Å². The van der Waals surface area contributed by atoms with Gasteiger partial charge in [0, 0.05) is 43.2 Å². The first-order chi connectivity index (χ1) is 25.4. The number of nitrogens with zero attached hydrogens (tertiary/aromatic N) is 3. The number of unbranched alkanes of at least 4 members (excludes halogenated alkanes) is 1. The Morgan fingerprint density at radius 1 is 1.09 bits per heavy atom. The van der Waals surface area contributed by atoms with E-state index in [1.807, 2.05) is 6.92 Å². The van der Waals surface area contributed by atoms with E-state index < -0.39 is 95.1 Å². The van der Waals surface area contributed by atoms with Gasteiger partial charge in [-0.2, -0.15) is 11.3 Å². The Balaban J connectivity index is 1.46. The van der Waals surface area contributed by atoms with E-state index >= 15 is 0 Å². The van der Waals surface area contributed by atoms with Gasteiger partial charge >= 0.3 is 12.1 Å². The highest BCUT2D eigenvalue weighted by Gasteiger charge is 2.64. The van der Waals surface area contributed by atoms with Crippen LogP contribution < -0.4 is 16.0 Å². The zero-order chi connectivity index (χ0) is 39.8. The number of carbonyl (C=O) groups is 6. The number of aliphatic hydroxyl groups excluding tert-OH is 2.